The number of hydrogen-bond donors (Lipinski definition) is 2. The van der Waals surface area contributed by atoms with E-state index < -0.39 is 0 Å². The second-order valence-electron chi connectivity index (χ2n) is 27.9. The van der Waals surface area contributed by atoms with E-state index in [-0.39, 0.29) is 69.8 Å². The Labute approximate surface area is 668 Å². The first kappa shape index (κ1) is 80.3. The second kappa shape index (κ2) is 38.2. The smallest absolute Gasteiger partial charge is 0.261 e. The Morgan fingerprint density at radius 1 is 0.298 bits per heavy atom. The fourth-order valence-corrected chi connectivity index (χ4v) is 15.9. The minimum Gasteiger partial charge on any atom is -0.369 e. The van der Waals surface area contributed by atoms with E-state index in [2.05, 4.69) is 172 Å². The Morgan fingerprint density at radius 3 is 0.842 bits per heavy atom. The molecule has 0 spiro atoms. The normalized spacial score (nSPS) is 17.7. The van der Waals surface area contributed by atoms with Crippen LogP contribution < -0.4 is 11.5 Å². The van der Waals surface area contributed by atoms with Gasteiger partial charge in [0.2, 0.25) is 0 Å². The number of pyridine rings is 6. The summed E-state index contributed by atoms with van der Waals surface area (Å²) in [5, 5.41) is 0. The van der Waals surface area contributed by atoms with Gasteiger partial charge in [0.05, 0.1) is 99.2 Å². The van der Waals surface area contributed by atoms with Gasteiger partial charge in [-0.1, -0.05) is 193 Å². The maximum atomic E-state index is 12.6. The molecule has 7 aromatic carbocycles. The highest BCUT2D eigenvalue weighted by Gasteiger charge is 2.39. The summed E-state index contributed by atoms with van der Waals surface area (Å²) in [5.74, 6) is -0.512. The predicted octanol–water partition coefficient (Wildman–Crippen LogP) is 20.6. The van der Waals surface area contributed by atoms with Gasteiger partial charge in [-0.05, 0) is 169 Å². The first-order valence-corrected chi connectivity index (χ1v) is 38.4. The fraction of sp³-hybridized carbons (Fsp3) is 0.237. The van der Waals surface area contributed by atoms with Gasteiger partial charge in [-0.25, -0.2) is 0 Å². The number of ether oxygens (including phenoxy) is 6. The lowest BCUT2D eigenvalue weighted by atomic mass is 9.95. The van der Waals surface area contributed by atoms with Crippen molar-refractivity contribution in [2.24, 2.45) is 11.5 Å². The standard InChI is InChI=1S/C22H16N2O3.3C15H15NO.2C14H14N2O.2CH4/c25-21-16-6-1-2-7-17(16)22(26)24(21)12-20-15-9-5-8-14(18(15)13-27-20)19-10-3-4-11-23-19;2*1-2-15-13-7-3-6-12(14(13)10-17-15)11-5-4-8-16-9-11;1-2-15-12-7-5-6-11(13(12)10-17-15)14-8-3-4-9-16-14;2*15-7-14-12-5-1-4-11(13(12)9-17-14)10-3-2-6-16-8-10;;/h1-11,20H,12-13H2;3*3-9,15H,2,10H2,1H3;2*1-6,8,14H,7,9,15H2;2*1H4/t;2*15-;;2*14-;;/m.10.10../s1. The first-order valence-electron chi connectivity index (χ1n) is 38.4. The van der Waals surface area contributed by atoms with Crippen LogP contribution in [0.25, 0.3) is 67.0 Å². The van der Waals surface area contributed by atoms with Gasteiger partial charge in [0.15, 0.2) is 0 Å². The van der Waals surface area contributed by atoms with Gasteiger partial charge >= 0.3 is 0 Å². The lowest BCUT2D eigenvalue weighted by molar-refractivity contribution is 0.0314. The van der Waals surface area contributed by atoms with Crippen molar-refractivity contribution in [3.05, 3.63) is 358 Å². The highest BCUT2D eigenvalue weighted by molar-refractivity contribution is 6.21. The van der Waals surface area contributed by atoms with Crippen LogP contribution in [-0.4, -0.2) is 66.3 Å². The van der Waals surface area contributed by atoms with Crippen LogP contribution in [0.15, 0.2) is 280 Å². The summed E-state index contributed by atoms with van der Waals surface area (Å²) in [7, 11) is 0. The van der Waals surface area contributed by atoms with Crippen molar-refractivity contribution in [1.29, 1.82) is 0 Å². The molecule has 0 saturated heterocycles. The molecule has 2 unspecified atom stereocenters. The van der Waals surface area contributed by atoms with Gasteiger partial charge in [0, 0.05) is 108 Å². The van der Waals surface area contributed by atoms with Crippen LogP contribution in [0.2, 0.25) is 0 Å². The summed E-state index contributed by atoms with van der Waals surface area (Å²) in [6.45, 7) is 11.6. The van der Waals surface area contributed by atoms with Crippen molar-refractivity contribution >= 4 is 11.8 Å². The van der Waals surface area contributed by atoms with Crippen molar-refractivity contribution < 1.29 is 38.0 Å². The Balaban J connectivity index is 0.000000120. The molecule has 17 heteroatoms. The number of amides is 2. The van der Waals surface area contributed by atoms with Crippen LogP contribution >= 0.6 is 0 Å². The summed E-state index contributed by atoms with van der Waals surface area (Å²) in [6.07, 6.45) is 22.0. The molecule has 4 N–H and O–H groups in total. The molecule has 7 aliphatic heterocycles. The monoisotopic (exact) mass is 1520 g/mol. The molecule has 0 fully saturated rings. The van der Waals surface area contributed by atoms with Crippen molar-refractivity contribution in [1.82, 2.24) is 34.8 Å². The van der Waals surface area contributed by atoms with E-state index in [1.807, 2.05) is 104 Å². The summed E-state index contributed by atoms with van der Waals surface area (Å²) in [6, 6.07) is 72.7. The average molecular weight is 1520 g/mol. The van der Waals surface area contributed by atoms with E-state index in [0.29, 0.717) is 50.6 Å². The molecule has 2 amide bonds. The number of benzene rings is 7. The van der Waals surface area contributed by atoms with E-state index in [0.717, 1.165) is 71.7 Å². The topological polar surface area (TPSA) is 222 Å². The number of carbonyl (C=O) groups is 2. The van der Waals surface area contributed by atoms with Crippen LogP contribution in [0.5, 0.6) is 0 Å². The number of rotatable bonds is 13. The highest BCUT2D eigenvalue weighted by atomic mass is 16.5. The van der Waals surface area contributed by atoms with Gasteiger partial charge in [0.1, 0.15) is 6.10 Å². The number of nitrogens with zero attached hydrogens (tertiary/aromatic N) is 7. The summed E-state index contributed by atoms with van der Waals surface area (Å²) in [5.41, 5.74) is 41.0. The van der Waals surface area contributed by atoms with Gasteiger partial charge in [0.25, 0.3) is 11.8 Å². The second-order valence-corrected chi connectivity index (χ2v) is 27.9. The Kier molecular flexibility index (Phi) is 26.9. The predicted molar refractivity (Wildman–Crippen MR) is 447 cm³/mol. The summed E-state index contributed by atoms with van der Waals surface area (Å²) in [4.78, 5) is 52.1. The van der Waals surface area contributed by atoms with E-state index in [1.54, 1.807) is 55.2 Å². The van der Waals surface area contributed by atoms with Gasteiger partial charge in [-0.15, -0.1) is 0 Å². The molecular formula is C97H97N9O8. The first-order chi connectivity index (χ1) is 55.2. The number of nitrogens with two attached hydrogens (primary N) is 2. The quantitative estimate of drug-likeness (QED) is 0.102. The van der Waals surface area contributed by atoms with Crippen LogP contribution in [0.4, 0.5) is 0 Å². The Hall–Kier alpha value is -11.7. The fourth-order valence-electron chi connectivity index (χ4n) is 15.9. The van der Waals surface area contributed by atoms with E-state index in [9.17, 15) is 9.59 Å². The third kappa shape index (κ3) is 17.3. The lowest BCUT2D eigenvalue weighted by Gasteiger charge is -2.19. The molecule has 13 heterocycles. The molecule has 13 aromatic rings. The highest BCUT2D eigenvalue weighted by Crippen LogP contribution is 2.44. The van der Waals surface area contributed by atoms with Crippen molar-refractivity contribution in [2.75, 3.05) is 19.6 Å². The lowest BCUT2D eigenvalue weighted by Crippen LogP contribution is -2.33. The number of fused-ring (bicyclic) bond motifs is 7. The molecule has 6 atom stereocenters. The molecule has 0 saturated carbocycles. The Morgan fingerprint density at radius 2 is 0.561 bits per heavy atom. The van der Waals surface area contributed by atoms with Gasteiger partial charge < -0.3 is 39.9 Å². The summed E-state index contributed by atoms with van der Waals surface area (Å²) < 4.78 is 34.8. The number of imide groups is 1. The Bertz CT molecular complexity index is 4770. The zero-order chi connectivity index (χ0) is 76.7. The molecule has 114 heavy (non-hydrogen) atoms. The van der Waals surface area contributed by atoms with Crippen molar-refractivity contribution in [3.63, 3.8) is 0 Å². The molecule has 20 rings (SSSR count). The number of aromatic nitrogens is 6. The van der Waals surface area contributed by atoms with E-state index in [4.69, 9.17) is 39.9 Å². The SMILES string of the molecule is C.C.CCC1OCc2c(-c3ccccn3)cccc21.CC[C@@H]1OCc2c(-c3cccnc3)cccc21.CC[C@H]1OCc2c(-c3cccnc3)cccc21.NC[C@@H]1OCc2c(-c3cccnc3)cccc21.NC[C@H]1OCc2c(-c3cccnc3)cccc21.O=C1c2ccccc2C(=O)N1CC1OCc2c(-c3ccccn3)cccc21. The van der Waals surface area contributed by atoms with Gasteiger partial charge in [-0.2, -0.15) is 0 Å². The molecular weight excluding hydrogens is 1420 g/mol. The van der Waals surface area contributed by atoms with E-state index >= 15 is 0 Å². The molecule has 17 nitrogen and oxygen atoms in total. The molecule has 578 valence electrons. The van der Waals surface area contributed by atoms with Crippen LogP contribution in [0.1, 0.15) is 179 Å². The largest absolute Gasteiger partial charge is 0.369 e. The van der Waals surface area contributed by atoms with Gasteiger partial charge in [-0.3, -0.25) is 44.4 Å². The maximum Gasteiger partial charge on any atom is 0.261 e. The summed E-state index contributed by atoms with van der Waals surface area (Å²) >= 11 is 0. The molecule has 6 aromatic heterocycles. The van der Waals surface area contributed by atoms with Crippen molar-refractivity contribution in [2.45, 2.75) is 131 Å². The molecule has 0 bridgehead atoms. The maximum absolute atomic E-state index is 12.6. The number of carbonyl (C=O) groups excluding carboxylic acids is 2. The average Bonchev–Trinajstić information content (AvgIpc) is 1.61. The van der Waals surface area contributed by atoms with Crippen LogP contribution in [-0.2, 0) is 68.1 Å². The molecule has 0 aliphatic carbocycles. The molecule has 0 radical (unpaired) electrons. The third-order valence-electron chi connectivity index (χ3n) is 21.5. The number of hydrogen-bond acceptors (Lipinski definition) is 16. The van der Waals surface area contributed by atoms with Crippen LogP contribution in [0, 0.1) is 0 Å². The zero-order valence-corrected chi connectivity index (χ0v) is 63.1. The zero-order valence-electron chi connectivity index (χ0n) is 63.1. The van der Waals surface area contributed by atoms with Crippen LogP contribution in [0.3, 0.4) is 0 Å². The minimum absolute atomic E-state index is 0. The third-order valence-corrected chi connectivity index (χ3v) is 21.5. The minimum atomic E-state index is -0.328. The molecule has 7 aliphatic rings. The van der Waals surface area contributed by atoms with Crippen molar-refractivity contribution in [3.8, 4) is 67.0 Å². The van der Waals surface area contributed by atoms with E-state index in [1.165, 1.54) is 99.5 Å².